The number of hydrazone groups is 1. The molecule has 0 aromatic heterocycles. The van der Waals surface area contributed by atoms with Gasteiger partial charge in [0.05, 0.1) is 17.4 Å². The second-order valence-electron chi connectivity index (χ2n) is 9.11. The maximum atomic E-state index is 13.8. The number of carbonyl (C=O) groups is 3. The van der Waals surface area contributed by atoms with Gasteiger partial charge in [-0.05, 0) is 41.5 Å². The second-order valence-corrected chi connectivity index (χ2v) is 10.0. The zero-order chi connectivity index (χ0) is 26.4. The largest absolute Gasteiger partial charge is 0.271 e. The second kappa shape index (κ2) is 9.56. The molecular formula is C27H20BrFN6O3. The lowest BCUT2D eigenvalue weighted by Gasteiger charge is -2.25. The number of rotatable bonds is 5. The summed E-state index contributed by atoms with van der Waals surface area (Å²) in [6.45, 7) is -0.304. The van der Waals surface area contributed by atoms with Crippen molar-refractivity contribution in [3.05, 3.63) is 100 Å². The number of carbonyl (C=O) groups excluding carboxylic acids is 3. The number of nitrogens with zero attached hydrogens (tertiary/aromatic N) is 6. The molecule has 3 aliphatic rings. The lowest BCUT2D eigenvalue weighted by atomic mass is 9.98. The molecule has 11 heteroatoms. The van der Waals surface area contributed by atoms with Crippen LogP contribution in [0.15, 0.2) is 98.8 Å². The minimum Gasteiger partial charge on any atom is -0.271 e. The van der Waals surface area contributed by atoms with Crippen molar-refractivity contribution in [2.45, 2.75) is 24.5 Å². The molecule has 9 nitrogen and oxygen atoms in total. The summed E-state index contributed by atoms with van der Waals surface area (Å²) < 4.78 is 14.7. The highest BCUT2D eigenvalue weighted by molar-refractivity contribution is 9.10. The molecule has 3 amide bonds. The van der Waals surface area contributed by atoms with Crippen LogP contribution in [0.5, 0.6) is 0 Å². The Hall–Kier alpha value is -4.25. The molecule has 3 aromatic carbocycles. The summed E-state index contributed by atoms with van der Waals surface area (Å²) in [5, 5.41) is 15.3. The molecule has 6 rings (SSSR count). The van der Waals surface area contributed by atoms with E-state index in [0.29, 0.717) is 6.42 Å². The van der Waals surface area contributed by atoms with Crippen molar-refractivity contribution < 1.29 is 18.8 Å². The van der Waals surface area contributed by atoms with E-state index >= 15 is 0 Å². The standard InChI is InChI=1S/C27H20BrFN6O3/c28-18-11-9-16(10-12-18)21-14-22(17-5-2-1-3-6-17)35(31-21)23(36)15-33-25-24(30-32-33)26(37)34(27(25)38)20-8-4-7-19(29)13-20/h1-13,22,24-25H,14-15H2/t22-,24-,25+/m0/s1. The van der Waals surface area contributed by atoms with Crippen molar-refractivity contribution >= 4 is 45.1 Å². The van der Waals surface area contributed by atoms with Crippen molar-refractivity contribution in [3.8, 4) is 0 Å². The Morgan fingerprint density at radius 2 is 1.74 bits per heavy atom. The molecule has 0 unspecified atom stereocenters. The average molecular weight is 575 g/mol. The monoisotopic (exact) mass is 574 g/mol. The van der Waals surface area contributed by atoms with E-state index in [9.17, 15) is 18.8 Å². The first-order valence-corrected chi connectivity index (χ1v) is 12.7. The Morgan fingerprint density at radius 1 is 0.974 bits per heavy atom. The first kappa shape index (κ1) is 24.1. The van der Waals surface area contributed by atoms with Crippen LogP contribution in [0.25, 0.3) is 0 Å². The first-order chi connectivity index (χ1) is 18.4. The van der Waals surface area contributed by atoms with Crippen LogP contribution in [0.3, 0.4) is 0 Å². The first-order valence-electron chi connectivity index (χ1n) is 11.9. The molecule has 3 aliphatic heterocycles. The molecule has 3 aromatic rings. The fourth-order valence-corrected chi connectivity index (χ4v) is 5.19. The van der Waals surface area contributed by atoms with Crippen LogP contribution >= 0.6 is 15.9 Å². The van der Waals surface area contributed by atoms with E-state index in [0.717, 1.165) is 32.3 Å². The van der Waals surface area contributed by atoms with Crippen molar-refractivity contribution in [2.75, 3.05) is 11.4 Å². The predicted molar refractivity (Wildman–Crippen MR) is 139 cm³/mol. The minimum absolute atomic E-state index is 0.114. The average Bonchev–Trinajstić information content (AvgIpc) is 3.60. The summed E-state index contributed by atoms with van der Waals surface area (Å²) >= 11 is 3.44. The highest BCUT2D eigenvalue weighted by Crippen LogP contribution is 2.35. The van der Waals surface area contributed by atoms with Gasteiger partial charge >= 0.3 is 0 Å². The normalized spacial score (nSPS) is 22.3. The predicted octanol–water partition coefficient (Wildman–Crippen LogP) is 4.26. The fraction of sp³-hybridized carbons (Fsp3) is 0.185. The van der Waals surface area contributed by atoms with Gasteiger partial charge in [0.25, 0.3) is 17.7 Å². The molecule has 38 heavy (non-hydrogen) atoms. The molecule has 0 bridgehead atoms. The number of hydrogen-bond acceptors (Lipinski definition) is 7. The summed E-state index contributed by atoms with van der Waals surface area (Å²) in [5.74, 6) is -2.18. The van der Waals surface area contributed by atoms with Gasteiger partial charge in [-0.2, -0.15) is 10.2 Å². The van der Waals surface area contributed by atoms with E-state index in [2.05, 4.69) is 31.4 Å². The summed E-state index contributed by atoms with van der Waals surface area (Å²) in [4.78, 5) is 40.7. The zero-order valence-corrected chi connectivity index (χ0v) is 21.4. The quantitative estimate of drug-likeness (QED) is 0.425. The molecule has 1 fully saturated rings. The van der Waals surface area contributed by atoms with Gasteiger partial charge in [-0.15, -0.1) is 0 Å². The molecular weight excluding hydrogens is 555 g/mol. The van der Waals surface area contributed by atoms with E-state index in [1.54, 1.807) is 0 Å². The molecule has 0 N–H and O–H groups in total. The van der Waals surface area contributed by atoms with Gasteiger partial charge < -0.3 is 0 Å². The van der Waals surface area contributed by atoms with Crippen molar-refractivity contribution in [1.82, 2.24) is 10.0 Å². The van der Waals surface area contributed by atoms with Gasteiger partial charge in [-0.1, -0.05) is 69.7 Å². The van der Waals surface area contributed by atoms with Crippen molar-refractivity contribution in [2.24, 2.45) is 15.4 Å². The van der Waals surface area contributed by atoms with Crippen LogP contribution in [0, 0.1) is 5.82 Å². The zero-order valence-electron chi connectivity index (χ0n) is 19.8. The smallest absolute Gasteiger partial charge is 0.264 e. The number of imide groups is 1. The summed E-state index contributed by atoms with van der Waals surface area (Å²) in [6, 6.07) is 20.0. The molecule has 0 aliphatic carbocycles. The van der Waals surface area contributed by atoms with Crippen molar-refractivity contribution in [1.29, 1.82) is 0 Å². The molecule has 0 spiro atoms. The van der Waals surface area contributed by atoms with Crippen molar-refractivity contribution in [3.63, 3.8) is 0 Å². The van der Waals surface area contributed by atoms with Crippen LogP contribution in [-0.2, 0) is 14.4 Å². The lowest BCUT2D eigenvalue weighted by Crippen LogP contribution is -2.44. The maximum Gasteiger partial charge on any atom is 0.264 e. The Labute approximate surface area is 225 Å². The Morgan fingerprint density at radius 3 is 2.47 bits per heavy atom. The van der Waals surface area contributed by atoms with E-state index in [1.807, 2.05) is 54.6 Å². The number of anilines is 1. The Balaban J connectivity index is 1.26. The highest BCUT2D eigenvalue weighted by Gasteiger charge is 2.55. The van der Waals surface area contributed by atoms with Crippen LogP contribution < -0.4 is 4.90 Å². The number of benzene rings is 3. The van der Waals surface area contributed by atoms with Crippen LogP contribution in [0.2, 0.25) is 0 Å². The number of halogens is 2. The Bertz CT molecular complexity index is 1500. The molecule has 0 radical (unpaired) electrons. The third-order valence-corrected chi connectivity index (χ3v) is 7.28. The van der Waals surface area contributed by atoms with Crippen LogP contribution in [0.1, 0.15) is 23.6 Å². The summed E-state index contributed by atoms with van der Waals surface area (Å²) in [7, 11) is 0. The SMILES string of the molecule is O=C1[C@H]2N=NN(CC(=O)N3N=C(c4ccc(Br)cc4)C[C@H]3c3ccccc3)[C@H]2C(=O)N1c1cccc(F)c1. The number of fused-ring (bicyclic) bond motifs is 1. The van der Waals surface area contributed by atoms with Gasteiger partial charge in [0.2, 0.25) is 0 Å². The topological polar surface area (TPSA) is 98.0 Å². The molecule has 3 heterocycles. The highest BCUT2D eigenvalue weighted by atomic mass is 79.9. The van der Waals surface area contributed by atoms with Crippen LogP contribution in [-0.4, -0.2) is 52.1 Å². The van der Waals surface area contributed by atoms with Gasteiger partial charge in [0.1, 0.15) is 12.4 Å². The minimum atomic E-state index is -1.09. The van der Waals surface area contributed by atoms with E-state index in [4.69, 9.17) is 0 Å². The van der Waals surface area contributed by atoms with Crippen LogP contribution in [0.4, 0.5) is 10.1 Å². The van der Waals surface area contributed by atoms with Gasteiger partial charge in [-0.25, -0.2) is 14.3 Å². The van der Waals surface area contributed by atoms with Gasteiger partial charge in [0, 0.05) is 10.9 Å². The molecule has 3 atom stereocenters. The fourth-order valence-electron chi connectivity index (χ4n) is 4.93. The van der Waals surface area contributed by atoms with E-state index in [-0.39, 0.29) is 18.3 Å². The van der Waals surface area contributed by atoms with Gasteiger partial charge in [0.15, 0.2) is 12.1 Å². The van der Waals surface area contributed by atoms with Gasteiger partial charge in [-0.3, -0.25) is 19.4 Å². The third-order valence-electron chi connectivity index (χ3n) is 6.75. The molecule has 190 valence electrons. The number of amides is 3. The molecule has 1 saturated heterocycles. The molecule has 0 saturated carbocycles. The summed E-state index contributed by atoms with van der Waals surface area (Å²) in [5.41, 5.74) is 2.68. The third kappa shape index (κ3) is 4.18. The van der Waals surface area contributed by atoms with E-state index < -0.39 is 35.6 Å². The van der Waals surface area contributed by atoms with E-state index in [1.165, 1.54) is 28.2 Å². The lowest BCUT2D eigenvalue weighted by molar-refractivity contribution is -0.135. The maximum absolute atomic E-state index is 13.8. The Kier molecular flexibility index (Phi) is 6.07. The number of hydrogen-bond donors (Lipinski definition) is 0. The summed E-state index contributed by atoms with van der Waals surface area (Å²) in [6.07, 6.45) is 0.510.